The molecule has 0 saturated heterocycles. The summed E-state index contributed by atoms with van der Waals surface area (Å²) in [6.07, 6.45) is 3.32. The van der Waals surface area contributed by atoms with Gasteiger partial charge < -0.3 is 10.1 Å². The van der Waals surface area contributed by atoms with Crippen LogP contribution < -0.4 is 5.32 Å². The summed E-state index contributed by atoms with van der Waals surface area (Å²) >= 11 is 0. The van der Waals surface area contributed by atoms with Crippen LogP contribution in [-0.4, -0.2) is 53.1 Å². The van der Waals surface area contributed by atoms with Gasteiger partial charge in [-0.15, -0.1) is 0 Å². The molecule has 0 aliphatic heterocycles. The van der Waals surface area contributed by atoms with E-state index in [1.807, 2.05) is 19.2 Å². The van der Waals surface area contributed by atoms with E-state index in [9.17, 15) is 21.6 Å². The highest BCUT2D eigenvalue weighted by Gasteiger charge is 2.32. The number of benzene rings is 1. The van der Waals surface area contributed by atoms with Crippen LogP contribution in [0.2, 0.25) is 0 Å². The number of sulfonamides is 1. The zero-order valence-corrected chi connectivity index (χ0v) is 18.3. The van der Waals surface area contributed by atoms with Crippen molar-refractivity contribution < 1.29 is 26.3 Å². The summed E-state index contributed by atoms with van der Waals surface area (Å²) in [4.78, 5) is -0.119. The van der Waals surface area contributed by atoms with Gasteiger partial charge in [-0.1, -0.05) is 12.2 Å². The molecular formula is C21H31F3N2O3S. The molecule has 0 heterocycles. The number of likely N-dealkylation sites (N-methyl/N-ethyl adjacent to an activating group) is 1. The number of hydrogen-bond donors (Lipinski definition) is 1. The third-order valence-electron chi connectivity index (χ3n) is 5.43. The molecule has 30 heavy (non-hydrogen) atoms. The van der Waals surface area contributed by atoms with E-state index in [2.05, 4.69) is 5.32 Å². The fourth-order valence-corrected chi connectivity index (χ4v) is 4.86. The Labute approximate surface area is 177 Å². The summed E-state index contributed by atoms with van der Waals surface area (Å²) in [6, 6.07) is 3.65. The van der Waals surface area contributed by atoms with Gasteiger partial charge in [0.15, 0.2) is 0 Å². The van der Waals surface area contributed by atoms with Gasteiger partial charge in [-0.05, 0) is 68.8 Å². The van der Waals surface area contributed by atoms with Gasteiger partial charge in [0, 0.05) is 26.7 Å². The lowest BCUT2D eigenvalue weighted by molar-refractivity contribution is -0.137. The van der Waals surface area contributed by atoms with Crippen LogP contribution in [0.3, 0.4) is 0 Å². The molecule has 1 N–H and O–H groups in total. The average molecular weight is 449 g/mol. The number of nitrogens with one attached hydrogen (secondary N) is 1. The van der Waals surface area contributed by atoms with Crippen molar-refractivity contribution in [3.05, 3.63) is 42.0 Å². The minimum Gasteiger partial charge on any atom is -0.377 e. The minimum atomic E-state index is -4.49. The van der Waals surface area contributed by atoms with Crippen molar-refractivity contribution in [2.45, 2.75) is 36.8 Å². The molecular weight excluding hydrogens is 417 g/mol. The third-order valence-corrected chi connectivity index (χ3v) is 7.27. The van der Waals surface area contributed by atoms with Gasteiger partial charge in [0.25, 0.3) is 0 Å². The van der Waals surface area contributed by atoms with Crippen LogP contribution in [0.15, 0.2) is 41.3 Å². The molecule has 9 heteroatoms. The zero-order valence-electron chi connectivity index (χ0n) is 17.5. The lowest BCUT2D eigenvalue weighted by Gasteiger charge is -2.30. The fraction of sp³-hybridized carbons (Fsp3) is 0.619. The quantitative estimate of drug-likeness (QED) is 0.435. The topological polar surface area (TPSA) is 58.6 Å². The summed E-state index contributed by atoms with van der Waals surface area (Å²) in [7, 11) is -0.440. The predicted molar refractivity (Wildman–Crippen MR) is 111 cm³/mol. The maximum Gasteiger partial charge on any atom is 0.416 e. The number of rotatable bonds is 10. The lowest BCUT2D eigenvalue weighted by Crippen LogP contribution is -2.34. The van der Waals surface area contributed by atoms with Gasteiger partial charge >= 0.3 is 6.18 Å². The molecule has 0 aromatic heterocycles. The Hall–Kier alpha value is -1.42. The molecule has 0 amide bonds. The van der Waals surface area contributed by atoms with Crippen molar-refractivity contribution in [3.8, 4) is 0 Å². The maximum absolute atomic E-state index is 12.7. The van der Waals surface area contributed by atoms with Crippen LogP contribution >= 0.6 is 0 Å². The van der Waals surface area contributed by atoms with Gasteiger partial charge in [0.2, 0.25) is 10.0 Å². The highest BCUT2D eigenvalue weighted by molar-refractivity contribution is 7.89. The Morgan fingerprint density at radius 3 is 2.27 bits per heavy atom. The Kier molecular flexibility index (Phi) is 9.33. The Balaban J connectivity index is 1.80. The second-order valence-electron chi connectivity index (χ2n) is 7.76. The molecule has 1 aliphatic carbocycles. The molecule has 5 nitrogen and oxygen atoms in total. The first-order valence-electron chi connectivity index (χ1n) is 10.2. The number of alkyl halides is 3. The molecule has 1 aromatic rings. The molecule has 1 fully saturated rings. The minimum absolute atomic E-state index is 0.119. The maximum atomic E-state index is 12.7. The van der Waals surface area contributed by atoms with E-state index in [4.69, 9.17) is 4.74 Å². The molecule has 0 bridgehead atoms. The standard InChI is InChI=1S/C21H31F3N2O3S/c1-25-13-3-4-14-29-16-18-7-5-17(6-8-18)15-26(2)30(27,28)20-11-9-19(10-12-20)21(22,23)24/h3-4,9-12,17-18,25H,5-8,13-16H2,1-2H3/b4-3+/t17-,18-. The van der Waals surface area contributed by atoms with Crippen molar-refractivity contribution in [2.24, 2.45) is 11.8 Å². The summed E-state index contributed by atoms with van der Waals surface area (Å²) < 4.78 is 70.4. The SMILES string of the molecule is CNC/C=C/COC[C@H]1CC[C@H](CN(C)S(=O)(=O)c2ccc(C(F)(F)F)cc2)CC1. The number of halogens is 3. The van der Waals surface area contributed by atoms with Crippen LogP contribution in [0.25, 0.3) is 0 Å². The van der Waals surface area contributed by atoms with Gasteiger partial charge in [-0.25, -0.2) is 12.7 Å². The molecule has 1 aliphatic rings. The molecule has 2 rings (SSSR count). The van der Waals surface area contributed by atoms with E-state index in [0.29, 0.717) is 25.7 Å². The van der Waals surface area contributed by atoms with E-state index >= 15 is 0 Å². The van der Waals surface area contributed by atoms with E-state index in [0.717, 1.165) is 56.5 Å². The second-order valence-corrected chi connectivity index (χ2v) is 9.81. The average Bonchev–Trinajstić information content (AvgIpc) is 2.71. The van der Waals surface area contributed by atoms with Crippen LogP contribution in [0.4, 0.5) is 13.2 Å². The normalized spacial score (nSPS) is 20.9. The number of ether oxygens (including phenoxy) is 1. The lowest BCUT2D eigenvalue weighted by atomic mass is 9.82. The van der Waals surface area contributed by atoms with Crippen molar-refractivity contribution >= 4 is 10.0 Å². The molecule has 0 atom stereocenters. The van der Waals surface area contributed by atoms with Gasteiger partial charge in [-0.2, -0.15) is 13.2 Å². The molecule has 1 aromatic carbocycles. The van der Waals surface area contributed by atoms with Gasteiger partial charge in [0.1, 0.15) is 0 Å². The number of hydrogen-bond acceptors (Lipinski definition) is 4. The van der Waals surface area contributed by atoms with Crippen LogP contribution in [0.1, 0.15) is 31.2 Å². The molecule has 0 radical (unpaired) electrons. The summed E-state index contributed by atoms with van der Waals surface area (Å²) in [5.74, 6) is 0.724. The Morgan fingerprint density at radius 2 is 1.70 bits per heavy atom. The number of nitrogens with zero attached hydrogens (tertiary/aromatic N) is 1. The summed E-state index contributed by atoms with van der Waals surface area (Å²) in [6.45, 7) is 2.48. The first-order chi connectivity index (χ1) is 14.1. The predicted octanol–water partition coefficient (Wildman–Crippen LogP) is 3.92. The van der Waals surface area contributed by atoms with E-state index in [-0.39, 0.29) is 10.8 Å². The van der Waals surface area contributed by atoms with Crippen LogP contribution in [-0.2, 0) is 20.9 Å². The third kappa shape index (κ3) is 7.37. The van der Waals surface area contributed by atoms with Gasteiger partial charge in [0.05, 0.1) is 17.1 Å². The highest BCUT2D eigenvalue weighted by Crippen LogP contribution is 2.32. The fourth-order valence-electron chi connectivity index (χ4n) is 3.61. The van der Waals surface area contributed by atoms with E-state index in [1.165, 1.54) is 11.4 Å². The monoisotopic (exact) mass is 448 g/mol. The van der Waals surface area contributed by atoms with Gasteiger partial charge in [-0.3, -0.25) is 0 Å². The van der Waals surface area contributed by atoms with Crippen molar-refractivity contribution in [2.75, 3.05) is 40.4 Å². The zero-order chi connectivity index (χ0) is 22.2. The van der Waals surface area contributed by atoms with Crippen molar-refractivity contribution in [1.29, 1.82) is 0 Å². The Morgan fingerprint density at radius 1 is 1.10 bits per heavy atom. The Bertz CT molecular complexity index is 772. The van der Waals surface area contributed by atoms with Crippen molar-refractivity contribution in [3.63, 3.8) is 0 Å². The molecule has 0 unspecified atom stereocenters. The highest BCUT2D eigenvalue weighted by atomic mass is 32.2. The van der Waals surface area contributed by atoms with E-state index < -0.39 is 21.8 Å². The second kappa shape index (κ2) is 11.3. The molecule has 1 saturated carbocycles. The van der Waals surface area contributed by atoms with Crippen molar-refractivity contribution in [1.82, 2.24) is 9.62 Å². The molecule has 0 spiro atoms. The van der Waals surface area contributed by atoms with E-state index in [1.54, 1.807) is 0 Å². The van der Waals surface area contributed by atoms with Crippen LogP contribution in [0.5, 0.6) is 0 Å². The smallest absolute Gasteiger partial charge is 0.377 e. The summed E-state index contributed by atoms with van der Waals surface area (Å²) in [5, 5.41) is 3.02. The largest absolute Gasteiger partial charge is 0.416 e. The van der Waals surface area contributed by atoms with Crippen LogP contribution in [0, 0.1) is 11.8 Å². The first kappa shape index (κ1) is 24.8. The first-order valence-corrected chi connectivity index (χ1v) is 11.6. The molecule has 170 valence electrons. The summed E-state index contributed by atoms with van der Waals surface area (Å²) in [5.41, 5.74) is -0.859.